The zero-order valence-electron chi connectivity index (χ0n) is 9.18. The number of ether oxygens (including phenoxy) is 1. The Morgan fingerprint density at radius 2 is 2.07 bits per heavy atom. The molecule has 1 unspecified atom stereocenters. The van der Waals surface area contributed by atoms with Crippen molar-refractivity contribution in [2.24, 2.45) is 5.73 Å². The second-order valence-corrected chi connectivity index (χ2v) is 4.28. The second kappa shape index (κ2) is 4.83. The van der Waals surface area contributed by atoms with E-state index in [1.54, 1.807) is 27.7 Å². The van der Waals surface area contributed by atoms with E-state index in [4.69, 9.17) is 15.9 Å². The van der Waals surface area contributed by atoms with Gasteiger partial charge in [-0.15, -0.1) is 0 Å². The minimum Gasteiger partial charge on any atom is -0.444 e. The van der Waals surface area contributed by atoms with E-state index in [0.29, 0.717) is 6.42 Å². The van der Waals surface area contributed by atoms with Crippen molar-refractivity contribution in [3.05, 3.63) is 0 Å². The van der Waals surface area contributed by atoms with Crippen LogP contribution in [0.25, 0.3) is 0 Å². The predicted octanol–water partition coefficient (Wildman–Crippen LogP) is 1.23. The van der Waals surface area contributed by atoms with E-state index in [2.05, 4.69) is 5.32 Å². The van der Waals surface area contributed by atoms with Gasteiger partial charge in [0.05, 0.1) is 5.84 Å². The molecule has 5 nitrogen and oxygen atoms in total. The van der Waals surface area contributed by atoms with Crippen LogP contribution >= 0.6 is 0 Å². The van der Waals surface area contributed by atoms with E-state index in [-0.39, 0.29) is 11.9 Å². The number of rotatable bonds is 3. The largest absolute Gasteiger partial charge is 0.444 e. The Bertz CT molecular complexity index is 221. The lowest BCUT2D eigenvalue weighted by Crippen LogP contribution is -2.39. The maximum atomic E-state index is 11.2. The molecule has 82 valence electrons. The highest BCUT2D eigenvalue weighted by Gasteiger charge is 2.17. The highest BCUT2D eigenvalue weighted by Crippen LogP contribution is 2.06. The summed E-state index contributed by atoms with van der Waals surface area (Å²) < 4.78 is 5.03. The van der Waals surface area contributed by atoms with Crippen molar-refractivity contribution in [1.29, 1.82) is 5.41 Å². The summed E-state index contributed by atoms with van der Waals surface area (Å²) in [5.41, 5.74) is 4.69. The predicted molar refractivity (Wildman–Crippen MR) is 55.4 cm³/mol. The van der Waals surface area contributed by atoms with Gasteiger partial charge in [-0.05, 0) is 27.7 Å². The van der Waals surface area contributed by atoms with Crippen molar-refractivity contribution < 1.29 is 9.53 Å². The van der Waals surface area contributed by atoms with Gasteiger partial charge in [0.15, 0.2) is 0 Å². The maximum absolute atomic E-state index is 11.2. The van der Waals surface area contributed by atoms with E-state index in [1.165, 1.54) is 0 Å². The molecule has 1 atom stereocenters. The van der Waals surface area contributed by atoms with Crippen molar-refractivity contribution in [1.82, 2.24) is 5.32 Å². The fourth-order valence-corrected chi connectivity index (χ4v) is 0.890. The van der Waals surface area contributed by atoms with E-state index in [9.17, 15) is 4.79 Å². The van der Waals surface area contributed by atoms with Crippen LogP contribution in [0.15, 0.2) is 0 Å². The summed E-state index contributed by atoms with van der Waals surface area (Å²) in [6.07, 6.45) is -0.148. The number of nitrogens with two attached hydrogens (primary N) is 1. The van der Waals surface area contributed by atoms with Gasteiger partial charge in [-0.1, -0.05) is 0 Å². The van der Waals surface area contributed by atoms with Crippen molar-refractivity contribution in [3.63, 3.8) is 0 Å². The molecule has 0 aromatic heterocycles. The summed E-state index contributed by atoms with van der Waals surface area (Å²) in [5.74, 6) is 0.0496. The Hall–Kier alpha value is -1.26. The first-order chi connectivity index (χ1) is 6.20. The minimum atomic E-state index is -0.500. The van der Waals surface area contributed by atoms with E-state index in [1.807, 2.05) is 0 Å². The number of hydrogen-bond acceptors (Lipinski definition) is 3. The molecule has 0 aromatic rings. The molecule has 5 heteroatoms. The molecule has 0 aromatic carbocycles. The standard InChI is InChI=1S/C9H19N3O2/c1-6(5-7(10)11)12-8(13)14-9(2,3)4/h6H,5H2,1-4H3,(H3,10,11)(H,12,13). The quantitative estimate of drug-likeness (QED) is 0.474. The Balaban J connectivity index is 3.89. The van der Waals surface area contributed by atoms with Crippen LogP contribution in [-0.4, -0.2) is 23.6 Å². The molecule has 0 heterocycles. The van der Waals surface area contributed by atoms with Gasteiger partial charge >= 0.3 is 6.09 Å². The summed E-state index contributed by atoms with van der Waals surface area (Å²) in [5, 5.41) is 9.62. The van der Waals surface area contributed by atoms with E-state index < -0.39 is 11.7 Å². The van der Waals surface area contributed by atoms with Crippen molar-refractivity contribution in [3.8, 4) is 0 Å². The molecule has 0 radical (unpaired) electrons. The molecule has 0 aliphatic carbocycles. The topological polar surface area (TPSA) is 88.2 Å². The van der Waals surface area contributed by atoms with Gasteiger partial charge in [0.2, 0.25) is 0 Å². The molecule has 4 N–H and O–H groups in total. The summed E-state index contributed by atoms with van der Waals surface area (Å²) >= 11 is 0. The Morgan fingerprint density at radius 1 is 1.57 bits per heavy atom. The molecule has 0 fully saturated rings. The average molecular weight is 201 g/mol. The molecule has 0 spiro atoms. The first-order valence-electron chi connectivity index (χ1n) is 4.53. The fourth-order valence-electron chi connectivity index (χ4n) is 0.890. The Morgan fingerprint density at radius 3 is 2.43 bits per heavy atom. The number of nitrogens with one attached hydrogen (secondary N) is 2. The SMILES string of the molecule is CC(CC(=N)N)NC(=O)OC(C)(C)C. The fraction of sp³-hybridized carbons (Fsp3) is 0.778. The van der Waals surface area contributed by atoms with Crippen molar-refractivity contribution >= 4 is 11.9 Å². The van der Waals surface area contributed by atoms with Crippen LogP contribution < -0.4 is 11.1 Å². The zero-order chi connectivity index (χ0) is 11.4. The third kappa shape index (κ3) is 7.39. The molecule has 1 amide bonds. The number of amides is 1. The van der Waals surface area contributed by atoms with Crippen LogP contribution in [0.4, 0.5) is 4.79 Å². The lowest BCUT2D eigenvalue weighted by atomic mass is 10.2. The van der Waals surface area contributed by atoms with Gasteiger partial charge in [-0.25, -0.2) is 4.79 Å². The smallest absolute Gasteiger partial charge is 0.407 e. The van der Waals surface area contributed by atoms with Gasteiger partial charge in [0, 0.05) is 12.5 Å². The molecular formula is C9H19N3O2. The number of alkyl carbamates (subject to hydrolysis) is 1. The summed E-state index contributed by atoms with van der Waals surface area (Å²) in [7, 11) is 0. The van der Waals surface area contributed by atoms with Gasteiger partial charge in [0.25, 0.3) is 0 Å². The number of carbonyl (C=O) groups excluding carboxylic acids is 1. The molecule has 0 rings (SSSR count). The highest BCUT2D eigenvalue weighted by atomic mass is 16.6. The normalized spacial score (nSPS) is 13.1. The molecule has 0 saturated heterocycles. The number of carbonyl (C=O) groups is 1. The van der Waals surface area contributed by atoms with E-state index >= 15 is 0 Å². The Kier molecular flexibility index (Phi) is 4.40. The number of amidine groups is 1. The van der Waals surface area contributed by atoms with Crippen LogP contribution in [0, 0.1) is 5.41 Å². The first kappa shape index (κ1) is 12.7. The van der Waals surface area contributed by atoms with Gasteiger partial charge in [-0.3, -0.25) is 5.41 Å². The molecule has 0 aliphatic heterocycles. The number of hydrogen-bond donors (Lipinski definition) is 3. The zero-order valence-corrected chi connectivity index (χ0v) is 9.18. The van der Waals surface area contributed by atoms with E-state index in [0.717, 1.165) is 0 Å². The van der Waals surface area contributed by atoms with Gasteiger partial charge in [-0.2, -0.15) is 0 Å². The Labute approximate surface area is 84.5 Å². The van der Waals surface area contributed by atoms with Gasteiger partial charge < -0.3 is 15.8 Å². The van der Waals surface area contributed by atoms with Crippen LogP contribution in [0.5, 0.6) is 0 Å². The molecule has 14 heavy (non-hydrogen) atoms. The molecule has 0 aliphatic rings. The molecule has 0 saturated carbocycles. The van der Waals surface area contributed by atoms with Crippen LogP contribution in [0.3, 0.4) is 0 Å². The lowest BCUT2D eigenvalue weighted by Gasteiger charge is -2.21. The maximum Gasteiger partial charge on any atom is 0.407 e. The summed E-state index contributed by atoms with van der Waals surface area (Å²) in [6, 6.07) is -0.178. The first-order valence-corrected chi connectivity index (χ1v) is 4.53. The minimum absolute atomic E-state index is 0.0496. The third-order valence-electron chi connectivity index (χ3n) is 1.29. The van der Waals surface area contributed by atoms with Crippen LogP contribution in [0.2, 0.25) is 0 Å². The van der Waals surface area contributed by atoms with Crippen LogP contribution in [-0.2, 0) is 4.74 Å². The van der Waals surface area contributed by atoms with Gasteiger partial charge in [0.1, 0.15) is 5.60 Å². The van der Waals surface area contributed by atoms with Crippen molar-refractivity contribution in [2.45, 2.75) is 45.8 Å². The van der Waals surface area contributed by atoms with Crippen molar-refractivity contribution in [2.75, 3.05) is 0 Å². The second-order valence-electron chi connectivity index (χ2n) is 4.28. The highest BCUT2D eigenvalue weighted by molar-refractivity contribution is 5.78. The average Bonchev–Trinajstić information content (AvgIpc) is 1.77. The molecular weight excluding hydrogens is 182 g/mol. The summed E-state index contributed by atoms with van der Waals surface area (Å²) in [4.78, 5) is 11.2. The van der Waals surface area contributed by atoms with Crippen LogP contribution in [0.1, 0.15) is 34.1 Å². The summed E-state index contributed by atoms with van der Waals surface area (Å²) in [6.45, 7) is 7.15. The lowest BCUT2D eigenvalue weighted by molar-refractivity contribution is 0.0510. The monoisotopic (exact) mass is 201 g/mol. The molecule has 0 bridgehead atoms. The third-order valence-corrected chi connectivity index (χ3v) is 1.29.